The first-order chi connectivity index (χ1) is 12.5. The molecule has 1 aliphatic heterocycles. The molecule has 2 atom stereocenters. The van der Waals surface area contributed by atoms with Crippen LogP contribution >= 0.6 is 15.9 Å². The highest BCUT2D eigenvalue weighted by atomic mass is 79.9. The SMILES string of the molecule is CCOc1ccc(Br)cc1C(c1ccc(C)cc1)N1CCCC1C(=O)O. The van der Waals surface area contributed by atoms with E-state index in [0.717, 1.165) is 34.3 Å². The Hall–Kier alpha value is -1.85. The predicted molar refractivity (Wildman–Crippen MR) is 106 cm³/mol. The number of carbonyl (C=O) groups is 1. The van der Waals surface area contributed by atoms with E-state index in [-0.39, 0.29) is 6.04 Å². The Labute approximate surface area is 162 Å². The van der Waals surface area contributed by atoms with Crippen molar-refractivity contribution in [2.24, 2.45) is 0 Å². The molecule has 2 aromatic carbocycles. The van der Waals surface area contributed by atoms with Gasteiger partial charge in [0.05, 0.1) is 12.6 Å². The fourth-order valence-electron chi connectivity index (χ4n) is 3.68. The molecule has 0 aliphatic carbocycles. The Morgan fingerprint density at radius 2 is 2.04 bits per heavy atom. The molecule has 0 aromatic heterocycles. The van der Waals surface area contributed by atoms with Crippen LogP contribution in [-0.2, 0) is 4.79 Å². The number of likely N-dealkylation sites (tertiary alicyclic amines) is 1. The molecule has 26 heavy (non-hydrogen) atoms. The average molecular weight is 418 g/mol. The smallest absolute Gasteiger partial charge is 0.320 e. The van der Waals surface area contributed by atoms with Gasteiger partial charge in [0.15, 0.2) is 0 Å². The molecular weight excluding hydrogens is 394 g/mol. The number of ether oxygens (including phenoxy) is 1. The number of aryl methyl sites for hydroxylation is 1. The van der Waals surface area contributed by atoms with Gasteiger partial charge in [-0.25, -0.2) is 0 Å². The third-order valence-electron chi connectivity index (χ3n) is 4.87. The second-order valence-corrected chi connectivity index (χ2v) is 7.58. The molecule has 5 heteroatoms. The van der Waals surface area contributed by atoms with E-state index < -0.39 is 12.0 Å². The fraction of sp³-hybridized carbons (Fsp3) is 0.381. The Bertz CT molecular complexity index is 775. The van der Waals surface area contributed by atoms with Crippen LogP contribution in [0.3, 0.4) is 0 Å². The summed E-state index contributed by atoms with van der Waals surface area (Å²) in [6.45, 7) is 5.34. The van der Waals surface area contributed by atoms with E-state index in [4.69, 9.17) is 4.74 Å². The Morgan fingerprint density at radius 1 is 1.31 bits per heavy atom. The maximum Gasteiger partial charge on any atom is 0.320 e. The minimum atomic E-state index is -0.757. The van der Waals surface area contributed by atoms with E-state index in [9.17, 15) is 9.90 Å². The molecule has 4 nitrogen and oxygen atoms in total. The summed E-state index contributed by atoms with van der Waals surface area (Å²) < 4.78 is 6.84. The summed E-state index contributed by atoms with van der Waals surface area (Å²) in [4.78, 5) is 13.9. The number of carboxylic acids is 1. The Morgan fingerprint density at radius 3 is 2.69 bits per heavy atom. The lowest BCUT2D eigenvalue weighted by Gasteiger charge is -2.33. The van der Waals surface area contributed by atoms with Crippen LogP contribution in [0.5, 0.6) is 5.75 Å². The van der Waals surface area contributed by atoms with Gasteiger partial charge in [-0.05, 0) is 50.5 Å². The maximum atomic E-state index is 11.8. The van der Waals surface area contributed by atoms with Gasteiger partial charge in [0.2, 0.25) is 0 Å². The van der Waals surface area contributed by atoms with Crippen LogP contribution in [-0.4, -0.2) is 35.2 Å². The standard InChI is InChI=1S/C21H24BrNO3/c1-3-26-19-11-10-16(22)13-17(19)20(15-8-6-14(2)7-9-15)23-12-4-5-18(23)21(24)25/h6-11,13,18,20H,3-5,12H2,1-2H3,(H,24,25). The van der Waals surface area contributed by atoms with Crippen molar-refractivity contribution in [1.29, 1.82) is 0 Å². The number of carboxylic acid groups (broad SMARTS) is 1. The molecule has 1 N–H and O–H groups in total. The normalized spacial score (nSPS) is 18.7. The minimum Gasteiger partial charge on any atom is -0.494 e. The highest BCUT2D eigenvalue weighted by molar-refractivity contribution is 9.10. The number of aliphatic carboxylic acids is 1. The zero-order valence-electron chi connectivity index (χ0n) is 15.1. The first kappa shape index (κ1) is 18.9. The minimum absolute atomic E-state index is 0.154. The molecular formula is C21H24BrNO3. The van der Waals surface area contributed by atoms with E-state index in [2.05, 4.69) is 52.0 Å². The molecule has 1 saturated heterocycles. The average Bonchev–Trinajstić information content (AvgIpc) is 3.09. The van der Waals surface area contributed by atoms with Gasteiger partial charge in [0.25, 0.3) is 0 Å². The van der Waals surface area contributed by atoms with Crippen molar-refractivity contribution in [2.75, 3.05) is 13.2 Å². The van der Waals surface area contributed by atoms with Crippen molar-refractivity contribution in [1.82, 2.24) is 4.90 Å². The molecule has 0 radical (unpaired) electrons. The summed E-state index contributed by atoms with van der Waals surface area (Å²) in [6.07, 6.45) is 1.56. The summed E-state index contributed by atoms with van der Waals surface area (Å²) in [5.74, 6) is 0.0462. The van der Waals surface area contributed by atoms with E-state index >= 15 is 0 Å². The highest BCUT2D eigenvalue weighted by Gasteiger charge is 2.38. The summed E-state index contributed by atoms with van der Waals surface area (Å²) in [5.41, 5.74) is 3.27. The summed E-state index contributed by atoms with van der Waals surface area (Å²) >= 11 is 3.56. The van der Waals surface area contributed by atoms with Crippen LogP contribution in [0.4, 0.5) is 0 Å². The van der Waals surface area contributed by atoms with Crippen molar-refractivity contribution >= 4 is 21.9 Å². The highest BCUT2D eigenvalue weighted by Crippen LogP contribution is 2.40. The van der Waals surface area contributed by atoms with Gasteiger partial charge in [-0.2, -0.15) is 0 Å². The molecule has 1 fully saturated rings. The molecule has 0 saturated carbocycles. The number of hydrogen-bond donors (Lipinski definition) is 1. The fourth-order valence-corrected chi connectivity index (χ4v) is 4.06. The molecule has 0 amide bonds. The molecule has 2 unspecified atom stereocenters. The molecule has 1 heterocycles. The number of halogens is 1. The van der Waals surface area contributed by atoms with E-state index in [1.807, 2.05) is 25.1 Å². The van der Waals surface area contributed by atoms with Gasteiger partial charge in [0.1, 0.15) is 11.8 Å². The van der Waals surface area contributed by atoms with E-state index in [1.54, 1.807) is 0 Å². The zero-order chi connectivity index (χ0) is 18.7. The lowest BCUT2D eigenvalue weighted by atomic mass is 9.94. The monoisotopic (exact) mass is 417 g/mol. The summed E-state index contributed by atoms with van der Waals surface area (Å²) in [7, 11) is 0. The number of nitrogens with zero attached hydrogens (tertiary/aromatic N) is 1. The van der Waals surface area contributed by atoms with Gasteiger partial charge in [-0.3, -0.25) is 9.69 Å². The van der Waals surface area contributed by atoms with Crippen molar-refractivity contribution < 1.29 is 14.6 Å². The van der Waals surface area contributed by atoms with Crippen LogP contribution < -0.4 is 4.74 Å². The topological polar surface area (TPSA) is 49.8 Å². The molecule has 3 rings (SSSR count). The van der Waals surface area contributed by atoms with E-state index in [0.29, 0.717) is 13.0 Å². The Kier molecular flexibility index (Phi) is 5.99. The van der Waals surface area contributed by atoms with Crippen LogP contribution in [0.15, 0.2) is 46.9 Å². The van der Waals surface area contributed by atoms with Crippen molar-refractivity contribution in [3.8, 4) is 5.75 Å². The number of hydrogen-bond acceptors (Lipinski definition) is 3. The first-order valence-corrected chi connectivity index (χ1v) is 9.78. The van der Waals surface area contributed by atoms with Crippen molar-refractivity contribution in [3.63, 3.8) is 0 Å². The molecule has 2 aromatic rings. The zero-order valence-corrected chi connectivity index (χ0v) is 16.7. The first-order valence-electron chi connectivity index (χ1n) is 8.98. The quantitative estimate of drug-likeness (QED) is 0.733. The van der Waals surface area contributed by atoms with Crippen LogP contribution in [0.25, 0.3) is 0 Å². The van der Waals surface area contributed by atoms with Gasteiger partial charge >= 0.3 is 5.97 Å². The maximum absolute atomic E-state index is 11.8. The van der Waals surface area contributed by atoms with Crippen molar-refractivity contribution in [2.45, 2.75) is 38.8 Å². The van der Waals surface area contributed by atoms with Crippen molar-refractivity contribution in [3.05, 3.63) is 63.6 Å². The Balaban J connectivity index is 2.13. The molecule has 0 bridgehead atoms. The van der Waals surface area contributed by atoms with E-state index in [1.165, 1.54) is 5.56 Å². The van der Waals surface area contributed by atoms with Gasteiger partial charge in [0, 0.05) is 16.6 Å². The van der Waals surface area contributed by atoms with Crippen LogP contribution in [0, 0.1) is 6.92 Å². The lowest BCUT2D eigenvalue weighted by Crippen LogP contribution is -2.39. The van der Waals surface area contributed by atoms with Gasteiger partial charge in [-0.1, -0.05) is 45.8 Å². The third kappa shape index (κ3) is 3.94. The third-order valence-corrected chi connectivity index (χ3v) is 5.36. The lowest BCUT2D eigenvalue weighted by molar-refractivity contribution is -0.142. The largest absolute Gasteiger partial charge is 0.494 e. The summed E-state index contributed by atoms with van der Waals surface area (Å²) in [5, 5.41) is 9.72. The molecule has 138 valence electrons. The van der Waals surface area contributed by atoms with Gasteiger partial charge < -0.3 is 9.84 Å². The van der Waals surface area contributed by atoms with Gasteiger partial charge in [-0.15, -0.1) is 0 Å². The van der Waals surface area contributed by atoms with Crippen LogP contribution in [0.2, 0.25) is 0 Å². The summed E-state index contributed by atoms with van der Waals surface area (Å²) in [6, 6.07) is 13.7. The molecule has 1 aliphatic rings. The number of rotatable bonds is 6. The van der Waals surface area contributed by atoms with Crippen LogP contribution in [0.1, 0.15) is 42.5 Å². The second-order valence-electron chi connectivity index (χ2n) is 6.66. The second kappa shape index (κ2) is 8.23. The number of benzene rings is 2. The molecule has 0 spiro atoms. The predicted octanol–water partition coefficient (Wildman–Crippen LogP) is 4.79.